The molecular formula is C18H19Br2F3O2Si. The van der Waals surface area contributed by atoms with Crippen LogP contribution in [0, 0.1) is 17.5 Å². The molecule has 2 aromatic carbocycles. The van der Waals surface area contributed by atoms with Gasteiger partial charge in [-0.25, -0.2) is 13.2 Å². The number of halogens is 5. The molecule has 0 fully saturated rings. The van der Waals surface area contributed by atoms with Crippen molar-refractivity contribution in [3.05, 3.63) is 61.8 Å². The summed E-state index contributed by atoms with van der Waals surface area (Å²) >= 11 is 6.56. The van der Waals surface area contributed by atoms with Crippen LogP contribution in [0.5, 0.6) is 5.75 Å². The number of hydrogen-bond acceptors (Lipinski definition) is 2. The first kappa shape index (κ1) is 21.5. The SMILES string of the molecule is CCOc1ccc(Br)c(C(O[Si](C)(C)C)c2c(Br)ccc(F)c2F)c1F. The Hall–Kier alpha value is -0.833. The smallest absolute Gasteiger partial charge is 0.185 e. The predicted molar refractivity (Wildman–Crippen MR) is 106 cm³/mol. The van der Waals surface area contributed by atoms with E-state index in [4.69, 9.17) is 9.16 Å². The highest BCUT2D eigenvalue weighted by Gasteiger charge is 2.33. The molecule has 2 aromatic rings. The van der Waals surface area contributed by atoms with Gasteiger partial charge in [-0.1, -0.05) is 31.9 Å². The summed E-state index contributed by atoms with van der Waals surface area (Å²) in [5.74, 6) is -2.73. The van der Waals surface area contributed by atoms with Crippen LogP contribution in [0.3, 0.4) is 0 Å². The van der Waals surface area contributed by atoms with Crippen molar-refractivity contribution in [3.8, 4) is 5.75 Å². The van der Waals surface area contributed by atoms with Gasteiger partial charge in [0.25, 0.3) is 0 Å². The zero-order valence-corrected chi connectivity index (χ0v) is 19.0. The minimum absolute atomic E-state index is 0.0304. The van der Waals surface area contributed by atoms with Gasteiger partial charge < -0.3 is 9.16 Å². The molecule has 0 aliphatic carbocycles. The molecule has 142 valence electrons. The number of benzene rings is 2. The van der Waals surface area contributed by atoms with E-state index in [0.29, 0.717) is 8.95 Å². The standard InChI is InChI=1S/C18H19Br2F3O2Si/c1-5-24-13-9-7-11(20)15(17(13)23)18(25-26(2,3)4)14-10(19)6-8-12(21)16(14)22/h6-9,18H,5H2,1-4H3. The Balaban J connectivity index is 2.76. The average Bonchev–Trinajstić information content (AvgIpc) is 2.53. The van der Waals surface area contributed by atoms with Crippen LogP contribution in [0.25, 0.3) is 0 Å². The first-order valence-electron chi connectivity index (χ1n) is 7.98. The van der Waals surface area contributed by atoms with E-state index in [1.54, 1.807) is 13.0 Å². The molecule has 2 rings (SSSR count). The molecule has 0 saturated heterocycles. The van der Waals surface area contributed by atoms with Crippen molar-refractivity contribution in [1.29, 1.82) is 0 Å². The lowest BCUT2D eigenvalue weighted by atomic mass is 10.00. The third-order valence-electron chi connectivity index (χ3n) is 3.47. The van der Waals surface area contributed by atoms with Crippen LogP contribution in [0.1, 0.15) is 24.2 Å². The number of ether oxygens (including phenoxy) is 1. The van der Waals surface area contributed by atoms with Crippen LogP contribution in [0.15, 0.2) is 33.2 Å². The maximum Gasteiger partial charge on any atom is 0.185 e. The van der Waals surface area contributed by atoms with Gasteiger partial charge in [-0.05, 0) is 50.8 Å². The highest BCUT2D eigenvalue weighted by atomic mass is 79.9. The van der Waals surface area contributed by atoms with Crippen molar-refractivity contribution in [2.45, 2.75) is 32.7 Å². The van der Waals surface area contributed by atoms with E-state index < -0.39 is 31.9 Å². The van der Waals surface area contributed by atoms with E-state index in [-0.39, 0.29) is 23.5 Å². The molecule has 0 radical (unpaired) electrons. The van der Waals surface area contributed by atoms with Gasteiger partial charge in [-0.3, -0.25) is 0 Å². The molecule has 0 spiro atoms. The molecule has 2 nitrogen and oxygen atoms in total. The van der Waals surface area contributed by atoms with Gasteiger partial charge in [0.15, 0.2) is 31.5 Å². The minimum Gasteiger partial charge on any atom is -0.491 e. The molecule has 0 N–H and O–H groups in total. The minimum atomic E-state index is -2.27. The fraction of sp³-hybridized carbons (Fsp3) is 0.333. The van der Waals surface area contributed by atoms with Crippen molar-refractivity contribution in [3.63, 3.8) is 0 Å². The predicted octanol–water partition coefficient (Wildman–Crippen LogP) is 6.97. The Kier molecular flexibility index (Phi) is 6.98. The van der Waals surface area contributed by atoms with Crippen molar-refractivity contribution >= 4 is 40.2 Å². The summed E-state index contributed by atoms with van der Waals surface area (Å²) in [6.45, 7) is 7.69. The Labute approximate surface area is 169 Å². The summed E-state index contributed by atoms with van der Waals surface area (Å²) in [5, 5.41) is 0. The lowest BCUT2D eigenvalue weighted by molar-refractivity contribution is 0.222. The Morgan fingerprint density at radius 1 is 0.923 bits per heavy atom. The van der Waals surface area contributed by atoms with Crippen molar-refractivity contribution in [1.82, 2.24) is 0 Å². The van der Waals surface area contributed by atoms with E-state index in [9.17, 15) is 8.78 Å². The zero-order chi connectivity index (χ0) is 19.6. The van der Waals surface area contributed by atoms with Gasteiger partial charge in [0.05, 0.1) is 6.61 Å². The summed E-state index contributed by atoms with van der Waals surface area (Å²) < 4.78 is 55.8. The quantitative estimate of drug-likeness (QED) is 0.308. The second-order valence-electron chi connectivity index (χ2n) is 6.57. The molecule has 0 aliphatic rings. The topological polar surface area (TPSA) is 18.5 Å². The monoisotopic (exact) mass is 510 g/mol. The number of rotatable bonds is 6. The summed E-state index contributed by atoms with van der Waals surface area (Å²) in [6.07, 6.45) is -1.14. The lowest BCUT2D eigenvalue weighted by Gasteiger charge is -2.29. The first-order chi connectivity index (χ1) is 12.1. The van der Waals surface area contributed by atoms with Gasteiger partial charge in [0.2, 0.25) is 0 Å². The molecule has 0 aromatic heterocycles. The summed E-state index contributed by atoms with van der Waals surface area (Å²) in [5.41, 5.74) is -0.00996. The second kappa shape index (κ2) is 8.46. The largest absolute Gasteiger partial charge is 0.491 e. The van der Waals surface area contributed by atoms with Crippen LogP contribution in [0.2, 0.25) is 19.6 Å². The first-order valence-corrected chi connectivity index (χ1v) is 13.0. The molecule has 0 saturated carbocycles. The third kappa shape index (κ3) is 4.71. The number of hydrogen-bond donors (Lipinski definition) is 0. The molecule has 0 heterocycles. The van der Waals surface area contributed by atoms with Gasteiger partial charge in [0.1, 0.15) is 6.10 Å². The molecule has 0 amide bonds. The lowest BCUT2D eigenvalue weighted by Crippen LogP contribution is -2.30. The molecule has 1 unspecified atom stereocenters. The molecular weight excluding hydrogens is 493 g/mol. The molecule has 26 heavy (non-hydrogen) atoms. The third-order valence-corrected chi connectivity index (χ3v) is 5.79. The maximum absolute atomic E-state index is 15.1. The van der Waals surface area contributed by atoms with E-state index in [2.05, 4.69) is 31.9 Å². The van der Waals surface area contributed by atoms with Gasteiger partial charge >= 0.3 is 0 Å². The van der Waals surface area contributed by atoms with Crippen LogP contribution >= 0.6 is 31.9 Å². The summed E-state index contributed by atoms with van der Waals surface area (Å²) in [4.78, 5) is 0. The Morgan fingerprint density at radius 2 is 1.46 bits per heavy atom. The van der Waals surface area contributed by atoms with Crippen LogP contribution in [0.4, 0.5) is 13.2 Å². The van der Waals surface area contributed by atoms with Crippen LogP contribution < -0.4 is 4.74 Å². The van der Waals surface area contributed by atoms with Gasteiger partial charge in [-0.2, -0.15) is 0 Å². The normalized spacial score (nSPS) is 13.0. The second-order valence-corrected chi connectivity index (χ2v) is 12.7. The highest BCUT2D eigenvalue weighted by molar-refractivity contribution is 9.10. The maximum atomic E-state index is 15.1. The van der Waals surface area contributed by atoms with E-state index in [0.717, 1.165) is 6.07 Å². The van der Waals surface area contributed by atoms with E-state index in [1.807, 2.05) is 19.6 Å². The fourth-order valence-electron chi connectivity index (χ4n) is 2.46. The highest BCUT2D eigenvalue weighted by Crippen LogP contribution is 2.42. The van der Waals surface area contributed by atoms with Crippen molar-refractivity contribution < 1.29 is 22.3 Å². The van der Waals surface area contributed by atoms with Crippen LogP contribution in [-0.4, -0.2) is 14.9 Å². The fourth-order valence-corrected chi connectivity index (χ4v) is 4.43. The molecule has 0 bridgehead atoms. The Morgan fingerprint density at radius 3 is 2.00 bits per heavy atom. The molecule has 0 aliphatic heterocycles. The van der Waals surface area contributed by atoms with Gasteiger partial charge in [0, 0.05) is 20.1 Å². The molecule has 8 heteroatoms. The van der Waals surface area contributed by atoms with E-state index in [1.165, 1.54) is 12.1 Å². The summed E-state index contributed by atoms with van der Waals surface area (Å²) in [6, 6.07) is 5.48. The molecule has 1 atom stereocenters. The average molecular weight is 512 g/mol. The van der Waals surface area contributed by atoms with Crippen molar-refractivity contribution in [2.24, 2.45) is 0 Å². The van der Waals surface area contributed by atoms with Crippen molar-refractivity contribution in [2.75, 3.05) is 6.61 Å². The van der Waals surface area contributed by atoms with Crippen LogP contribution in [-0.2, 0) is 4.43 Å². The Bertz CT molecular complexity index is 810. The zero-order valence-electron chi connectivity index (χ0n) is 14.8. The van der Waals surface area contributed by atoms with Gasteiger partial charge in [-0.15, -0.1) is 0 Å². The summed E-state index contributed by atoms with van der Waals surface area (Å²) in [7, 11) is -2.27. The van der Waals surface area contributed by atoms with E-state index >= 15 is 4.39 Å².